The van der Waals surface area contributed by atoms with Crippen LogP contribution in [0.25, 0.3) is 0 Å². The predicted molar refractivity (Wildman–Crippen MR) is 84.1 cm³/mol. The van der Waals surface area contributed by atoms with E-state index in [4.69, 9.17) is 4.74 Å². The Bertz CT molecular complexity index is 288. The van der Waals surface area contributed by atoms with E-state index in [1.54, 1.807) is 0 Å². The molecule has 0 spiro atoms. The number of fused-ring (bicyclic) bond motifs is 2. The van der Waals surface area contributed by atoms with Gasteiger partial charge in [-0.2, -0.15) is 0 Å². The van der Waals surface area contributed by atoms with Gasteiger partial charge in [-0.3, -0.25) is 4.79 Å². The molecule has 0 N–H and O–H groups in total. The number of carbonyl (C=O) groups is 1. The smallest absolute Gasteiger partial charge is 0.309 e. The average Bonchev–Trinajstić information content (AvgIpc) is 2.65. The lowest BCUT2D eigenvalue weighted by molar-refractivity contribution is -0.163. The normalized spacial score (nSPS) is 35.7. The van der Waals surface area contributed by atoms with E-state index in [1.807, 2.05) is 20.8 Å². The lowest BCUT2D eigenvalue weighted by atomic mass is 9.76. The van der Waals surface area contributed by atoms with Crippen LogP contribution in [-0.4, -0.2) is 11.6 Å². The van der Waals surface area contributed by atoms with Crippen molar-refractivity contribution in [1.82, 2.24) is 0 Å². The van der Waals surface area contributed by atoms with Gasteiger partial charge in [-0.15, -0.1) is 0 Å². The molecule has 0 radical (unpaired) electrons. The fourth-order valence-electron chi connectivity index (χ4n) is 3.59. The van der Waals surface area contributed by atoms with Gasteiger partial charge >= 0.3 is 5.97 Å². The van der Waals surface area contributed by atoms with Gasteiger partial charge in [0.15, 0.2) is 0 Å². The van der Waals surface area contributed by atoms with E-state index < -0.39 is 0 Å². The molecular weight excluding hydrogens is 236 g/mol. The SMILES string of the molecule is C.C.C.CC1C2CC(C(=O)OC(C)(C)C)C(C2)C1C. The molecule has 2 fully saturated rings. The second-order valence-corrected chi connectivity index (χ2v) is 6.75. The predicted octanol–water partition coefficient (Wildman–Crippen LogP) is 5.16. The highest BCUT2D eigenvalue weighted by Crippen LogP contribution is 2.55. The molecule has 5 unspecified atom stereocenters. The largest absolute Gasteiger partial charge is 0.460 e. The molecule has 2 heteroatoms. The molecule has 0 amide bonds. The lowest BCUT2D eigenvalue weighted by Gasteiger charge is -2.32. The van der Waals surface area contributed by atoms with Gasteiger partial charge in [0.25, 0.3) is 0 Å². The first-order valence-electron chi connectivity index (χ1n) is 6.52. The zero-order chi connectivity index (χ0) is 12.1. The van der Waals surface area contributed by atoms with Crippen molar-refractivity contribution in [3.8, 4) is 0 Å². The monoisotopic (exact) mass is 272 g/mol. The molecule has 2 nitrogen and oxygen atoms in total. The Morgan fingerprint density at radius 2 is 1.53 bits per heavy atom. The third kappa shape index (κ3) is 3.97. The Labute approximate surface area is 121 Å². The van der Waals surface area contributed by atoms with Crippen molar-refractivity contribution in [1.29, 1.82) is 0 Å². The van der Waals surface area contributed by atoms with Gasteiger partial charge in [0, 0.05) is 0 Å². The van der Waals surface area contributed by atoms with Gasteiger partial charge < -0.3 is 4.74 Å². The standard InChI is InChI=1S/C14H24O2.3CH4/c1-8-9(2)11-6-10(8)7-12(11)13(15)16-14(3,4)5;;;/h8-12H,6-7H2,1-5H3;3*1H4. The summed E-state index contributed by atoms with van der Waals surface area (Å²) < 4.78 is 5.52. The highest BCUT2D eigenvalue weighted by atomic mass is 16.6. The van der Waals surface area contributed by atoms with Crippen molar-refractivity contribution in [3.05, 3.63) is 0 Å². The van der Waals surface area contributed by atoms with Crippen molar-refractivity contribution in [3.63, 3.8) is 0 Å². The molecule has 2 aliphatic carbocycles. The molecule has 0 heterocycles. The minimum atomic E-state index is -0.340. The zero-order valence-corrected chi connectivity index (χ0v) is 11.1. The van der Waals surface area contributed by atoms with Crippen LogP contribution in [0.15, 0.2) is 0 Å². The first-order chi connectivity index (χ1) is 7.29. The fourth-order valence-corrected chi connectivity index (χ4v) is 3.59. The molecule has 2 aliphatic rings. The molecule has 0 aliphatic heterocycles. The maximum absolute atomic E-state index is 12.1. The summed E-state index contributed by atoms with van der Waals surface area (Å²) in [6.07, 6.45) is 2.30. The summed E-state index contributed by atoms with van der Waals surface area (Å²) in [6, 6.07) is 0. The van der Waals surface area contributed by atoms with Gasteiger partial charge in [0.1, 0.15) is 5.60 Å². The summed E-state index contributed by atoms with van der Waals surface area (Å²) in [4.78, 5) is 12.1. The first-order valence-corrected chi connectivity index (χ1v) is 6.52. The molecule has 116 valence electrons. The summed E-state index contributed by atoms with van der Waals surface area (Å²) in [7, 11) is 0. The third-order valence-corrected chi connectivity index (χ3v) is 4.61. The molecule has 2 rings (SSSR count). The third-order valence-electron chi connectivity index (χ3n) is 4.61. The van der Waals surface area contributed by atoms with Crippen LogP contribution >= 0.6 is 0 Å². The number of carbonyl (C=O) groups excluding carboxylic acids is 1. The molecule has 2 saturated carbocycles. The van der Waals surface area contributed by atoms with Gasteiger partial charge in [-0.25, -0.2) is 0 Å². The minimum absolute atomic E-state index is 0. The Morgan fingerprint density at radius 3 is 1.89 bits per heavy atom. The van der Waals surface area contributed by atoms with Gasteiger partial charge in [0.2, 0.25) is 0 Å². The lowest BCUT2D eigenvalue weighted by Crippen LogP contribution is -2.35. The molecule has 0 saturated heterocycles. The fraction of sp³-hybridized carbons (Fsp3) is 0.941. The summed E-state index contributed by atoms with van der Waals surface area (Å²) in [5.74, 6) is 3.04. The number of esters is 1. The summed E-state index contributed by atoms with van der Waals surface area (Å²) in [5, 5.41) is 0. The Morgan fingerprint density at radius 1 is 1.00 bits per heavy atom. The number of rotatable bonds is 1. The van der Waals surface area contributed by atoms with Crippen molar-refractivity contribution < 1.29 is 9.53 Å². The highest BCUT2D eigenvalue weighted by Gasteiger charge is 2.52. The molecule has 5 atom stereocenters. The van der Waals surface area contributed by atoms with Crippen LogP contribution in [0.2, 0.25) is 0 Å². The number of hydrogen-bond donors (Lipinski definition) is 0. The summed E-state index contributed by atoms with van der Waals surface area (Å²) in [6.45, 7) is 10.5. The maximum atomic E-state index is 12.1. The van der Waals surface area contributed by atoms with Crippen molar-refractivity contribution >= 4 is 5.97 Å². The van der Waals surface area contributed by atoms with E-state index in [0.29, 0.717) is 11.8 Å². The van der Waals surface area contributed by atoms with Crippen LogP contribution in [0.3, 0.4) is 0 Å². The Hall–Kier alpha value is -0.530. The highest BCUT2D eigenvalue weighted by molar-refractivity contribution is 5.74. The summed E-state index contributed by atoms with van der Waals surface area (Å²) in [5.41, 5.74) is -0.340. The molecule has 0 aromatic rings. The van der Waals surface area contributed by atoms with Crippen LogP contribution in [0.1, 0.15) is 69.7 Å². The van der Waals surface area contributed by atoms with E-state index in [0.717, 1.165) is 18.3 Å². The van der Waals surface area contributed by atoms with Crippen molar-refractivity contribution in [2.45, 2.75) is 75.3 Å². The average molecular weight is 272 g/mol. The second kappa shape index (κ2) is 6.76. The maximum Gasteiger partial charge on any atom is 0.309 e. The van der Waals surface area contributed by atoms with Crippen LogP contribution in [0.4, 0.5) is 0 Å². The Balaban J connectivity index is 0. The first kappa shape index (κ1) is 20.8. The van der Waals surface area contributed by atoms with Gasteiger partial charge in [0.05, 0.1) is 5.92 Å². The van der Waals surface area contributed by atoms with E-state index in [-0.39, 0.29) is 39.8 Å². The Kier molecular flexibility index (Phi) is 7.40. The quantitative estimate of drug-likeness (QED) is 0.616. The van der Waals surface area contributed by atoms with E-state index in [1.165, 1.54) is 6.42 Å². The zero-order valence-electron chi connectivity index (χ0n) is 11.1. The van der Waals surface area contributed by atoms with Crippen LogP contribution in [0.5, 0.6) is 0 Å². The van der Waals surface area contributed by atoms with Gasteiger partial charge in [-0.05, 0) is 57.3 Å². The molecule has 0 aromatic heterocycles. The van der Waals surface area contributed by atoms with Crippen LogP contribution in [-0.2, 0) is 9.53 Å². The van der Waals surface area contributed by atoms with E-state index in [2.05, 4.69) is 13.8 Å². The van der Waals surface area contributed by atoms with Crippen LogP contribution in [0, 0.1) is 29.6 Å². The number of ether oxygens (including phenoxy) is 1. The second-order valence-electron chi connectivity index (χ2n) is 6.75. The van der Waals surface area contributed by atoms with Crippen molar-refractivity contribution in [2.75, 3.05) is 0 Å². The molecule has 0 aromatic carbocycles. The number of hydrogen-bond acceptors (Lipinski definition) is 2. The van der Waals surface area contributed by atoms with E-state index in [9.17, 15) is 4.79 Å². The van der Waals surface area contributed by atoms with Gasteiger partial charge in [-0.1, -0.05) is 36.1 Å². The summed E-state index contributed by atoms with van der Waals surface area (Å²) >= 11 is 0. The topological polar surface area (TPSA) is 26.3 Å². The molecular formula is C17H36O2. The van der Waals surface area contributed by atoms with Crippen LogP contribution < -0.4 is 0 Å². The minimum Gasteiger partial charge on any atom is -0.460 e. The molecule has 19 heavy (non-hydrogen) atoms. The molecule has 2 bridgehead atoms. The van der Waals surface area contributed by atoms with E-state index >= 15 is 0 Å². The van der Waals surface area contributed by atoms with Crippen molar-refractivity contribution in [2.24, 2.45) is 29.6 Å².